The Hall–Kier alpha value is -1.08. The Bertz CT molecular complexity index is 385. The van der Waals surface area contributed by atoms with Crippen LogP contribution in [-0.4, -0.2) is 8.80 Å². The highest BCUT2D eigenvalue weighted by atomic mass is 28.3. The molecule has 0 fully saturated rings. The SMILES string of the molecule is C[SiH](C)C1=C(Cc2ccccc2)C=CC1. The summed E-state index contributed by atoms with van der Waals surface area (Å²) >= 11 is 0. The fourth-order valence-corrected chi connectivity index (χ4v) is 3.71. The summed E-state index contributed by atoms with van der Waals surface area (Å²) in [5, 5.41) is 1.75. The van der Waals surface area contributed by atoms with Gasteiger partial charge >= 0.3 is 0 Å². The maximum Gasteiger partial charge on any atom is 0.0603 e. The standard InChI is InChI=1S/C14H18Si/c1-15(2)14-10-6-9-13(14)11-12-7-4-3-5-8-12/h3-9,15H,10-11H2,1-2H3. The monoisotopic (exact) mass is 214 g/mol. The van der Waals surface area contributed by atoms with E-state index in [2.05, 4.69) is 55.6 Å². The Morgan fingerprint density at radius 1 is 1.13 bits per heavy atom. The lowest BCUT2D eigenvalue weighted by atomic mass is 10.1. The van der Waals surface area contributed by atoms with Gasteiger partial charge in [-0.05, 0) is 24.0 Å². The van der Waals surface area contributed by atoms with Gasteiger partial charge in [0.05, 0.1) is 8.80 Å². The van der Waals surface area contributed by atoms with Crippen LogP contribution in [0.1, 0.15) is 12.0 Å². The van der Waals surface area contributed by atoms with Crippen molar-refractivity contribution in [1.82, 2.24) is 0 Å². The second-order valence-electron chi connectivity index (χ2n) is 4.47. The summed E-state index contributed by atoms with van der Waals surface area (Å²) in [7, 11) is -0.605. The Kier molecular flexibility index (Phi) is 3.22. The van der Waals surface area contributed by atoms with E-state index in [4.69, 9.17) is 0 Å². The molecule has 1 aliphatic carbocycles. The van der Waals surface area contributed by atoms with Gasteiger partial charge in [0.15, 0.2) is 0 Å². The van der Waals surface area contributed by atoms with Gasteiger partial charge in [0.1, 0.15) is 0 Å². The third-order valence-corrected chi connectivity index (χ3v) is 5.00. The third kappa shape index (κ3) is 2.48. The molecule has 0 unspecified atom stereocenters. The summed E-state index contributed by atoms with van der Waals surface area (Å²) in [5.74, 6) is 0. The van der Waals surface area contributed by atoms with Crippen molar-refractivity contribution in [3.63, 3.8) is 0 Å². The average molecular weight is 214 g/mol. The molecule has 0 N–H and O–H groups in total. The number of benzene rings is 1. The maximum atomic E-state index is 2.42. The summed E-state index contributed by atoms with van der Waals surface area (Å²) in [4.78, 5) is 0. The highest BCUT2D eigenvalue weighted by molar-refractivity contribution is 6.64. The van der Waals surface area contributed by atoms with Gasteiger partial charge < -0.3 is 0 Å². The average Bonchev–Trinajstić information content (AvgIpc) is 2.67. The van der Waals surface area contributed by atoms with Crippen molar-refractivity contribution < 1.29 is 0 Å². The van der Waals surface area contributed by atoms with Gasteiger partial charge in [-0.1, -0.05) is 60.8 Å². The van der Waals surface area contributed by atoms with Crippen LogP contribution < -0.4 is 0 Å². The molecule has 15 heavy (non-hydrogen) atoms. The molecule has 0 atom stereocenters. The van der Waals surface area contributed by atoms with Crippen LogP contribution in [0.25, 0.3) is 0 Å². The summed E-state index contributed by atoms with van der Waals surface area (Å²) in [5.41, 5.74) is 3.02. The summed E-state index contributed by atoms with van der Waals surface area (Å²) in [6, 6.07) is 10.8. The molecule has 1 heteroatoms. The van der Waals surface area contributed by atoms with Crippen molar-refractivity contribution in [3.05, 3.63) is 58.8 Å². The van der Waals surface area contributed by atoms with Gasteiger partial charge in [-0.15, -0.1) is 0 Å². The molecule has 1 aromatic rings. The molecular weight excluding hydrogens is 196 g/mol. The van der Waals surface area contributed by atoms with Crippen LogP contribution in [0.15, 0.2) is 53.3 Å². The first-order chi connectivity index (χ1) is 7.27. The Balaban J connectivity index is 2.18. The van der Waals surface area contributed by atoms with Gasteiger partial charge in [-0.25, -0.2) is 0 Å². The molecule has 0 nitrogen and oxygen atoms in total. The Morgan fingerprint density at radius 3 is 2.53 bits per heavy atom. The lowest BCUT2D eigenvalue weighted by Crippen LogP contribution is -2.06. The van der Waals surface area contributed by atoms with E-state index in [1.807, 2.05) is 0 Å². The zero-order valence-corrected chi connectivity index (χ0v) is 10.7. The van der Waals surface area contributed by atoms with Crippen LogP contribution in [0.3, 0.4) is 0 Å². The first kappa shape index (κ1) is 10.4. The molecule has 0 bridgehead atoms. The number of hydrogen-bond acceptors (Lipinski definition) is 0. The lowest BCUT2D eigenvalue weighted by molar-refractivity contribution is 1.18. The van der Waals surface area contributed by atoms with Gasteiger partial charge in [0.2, 0.25) is 0 Å². The second kappa shape index (κ2) is 4.62. The van der Waals surface area contributed by atoms with Crippen molar-refractivity contribution in [2.24, 2.45) is 0 Å². The van der Waals surface area contributed by atoms with Crippen LogP contribution in [-0.2, 0) is 6.42 Å². The summed E-state index contributed by atoms with van der Waals surface area (Å²) in [6.45, 7) is 4.85. The first-order valence-corrected chi connectivity index (χ1v) is 8.58. The largest absolute Gasteiger partial charge is 0.0806 e. The molecule has 78 valence electrons. The molecule has 1 aromatic carbocycles. The van der Waals surface area contributed by atoms with Crippen LogP contribution in [0, 0.1) is 0 Å². The molecule has 0 amide bonds. The molecule has 2 rings (SSSR count). The minimum absolute atomic E-state index is 0.605. The van der Waals surface area contributed by atoms with Gasteiger partial charge in [-0.3, -0.25) is 0 Å². The number of allylic oxidation sites excluding steroid dienone is 4. The molecule has 1 aliphatic rings. The minimum Gasteiger partial charge on any atom is -0.0806 e. The Morgan fingerprint density at radius 2 is 1.87 bits per heavy atom. The zero-order valence-electron chi connectivity index (χ0n) is 9.53. The van der Waals surface area contributed by atoms with E-state index in [-0.39, 0.29) is 0 Å². The summed E-state index contributed by atoms with van der Waals surface area (Å²) < 4.78 is 0. The molecule has 0 aromatic heterocycles. The van der Waals surface area contributed by atoms with Crippen LogP contribution >= 0.6 is 0 Å². The predicted molar refractivity (Wildman–Crippen MR) is 69.8 cm³/mol. The predicted octanol–water partition coefficient (Wildman–Crippen LogP) is 3.51. The highest BCUT2D eigenvalue weighted by Gasteiger charge is 2.13. The van der Waals surface area contributed by atoms with Gasteiger partial charge in [0, 0.05) is 0 Å². The highest BCUT2D eigenvalue weighted by Crippen LogP contribution is 2.24. The normalized spacial score (nSPS) is 15.4. The van der Waals surface area contributed by atoms with E-state index in [9.17, 15) is 0 Å². The Labute approximate surface area is 93.9 Å². The van der Waals surface area contributed by atoms with Crippen molar-refractivity contribution >= 4 is 8.80 Å². The first-order valence-electron chi connectivity index (χ1n) is 5.69. The summed E-state index contributed by atoms with van der Waals surface area (Å²) in [6.07, 6.45) is 6.99. The number of hydrogen-bond donors (Lipinski definition) is 0. The van der Waals surface area contributed by atoms with Crippen LogP contribution in [0.4, 0.5) is 0 Å². The van der Waals surface area contributed by atoms with Crippen molar-refractivity contribution in [2.45, 2.75) is 25.9 Å². The molecule has 0 saturated carbocycles. The minimum atomic E-state index is -0.605. The molecule has 0 radical (unpaired) electrons. The van der Waals surface area contributed by atoms with E-state index in [0.29, 0.717) is 0 Å². The maximum absolute atomic E-state index is 2.42. The van der Waals surface area contributed by atoms with Gasteiger partial charge in [-0.2, -0.15) is 0 Å². The third-order valence-electron chi connectivity index (χ3n) is 3.00. The fourth-order valence-electron chi connectivity index (χ4n) is 2.16. The molecule has 0 saturated heterocycles. The lowest BCUT2D eigenvalue weighted by Gasteiger charge is -2.09. The van der Waals surface area contributed by atoms with Crippen LogP contribution in [0.5, 0.6) is 0 Å². The number of rotatable bonds is 3. The zero-order chi connectivity index (χ0) is 10.7. The van der Waals surface area contributed by atoms with Crippen molar-refractivity contribution in [2.75, 3.05) is 0 Å². The van der Waals surface area contributed by atoms with E-state index in [0.717, 1.165) is 6.42 Å². The molecule has 0 spiro atoms. The second-order valence-corrected chi connectivity index (χ2v) is 7.48. The topological polar surface area (TPSA) is 0 Å². The molecular formula is C14H18Si. The molecule has 0 aliphatic heterocycles. The van der Waals surface area contributed by atoms with Crippen LogP contribution in [0.2, 0.25) is 13.1 Å². The van der Waals surface area contributed by atoms with E-state index in [1.54, 1.807) is 10.8 Å². The fraction of sp³-hybridized carbons (Fsp3) is 0.286. The van der Waals surface area contributed by atoms with Crippen molar-refractivity contribution in [3.8, 4) is 0 Å². The van der Waals surface area contributed by atoms with Gasteiger partial charge in [0.25, 0.3) is 0 Å². The van der Waals surface area contributed by atoms with E-state index in [1.165, 1.54) is 12.0 Å². The smallest absolute Gasteiger partial charge is 0.0603 e. The van der Waals surface area contributed by atoms with E-state index >= 15 is 0 Å². The quantitative estimate of drug-likeness (QED) is 0.675. The van der Waals surface area contributed by atoms with E-state index < -0.39 is 8.80 Å². The molecule has 0 heterocycles. The van der Waals surface area contributed by atoms with Crippen molar-refractivity contribution in [1.29, 1.82) is 0 Å².